The molecule has 0 bridgehead atoms. The molecule has 0 amide bonds. The van der Waals surface area contributed by atoms with Gasteiger partial charge in [0.15, 0.2) is 0 Å². The van der Waals surface area contributed by atoms with Crippen molar-refractivity contribution >= 4 is 11.3 Å². The molecule has 0 aliphatic carbocycles. The number of thiophene rings is 1. The Balaban J connectivity index is 1.43. The minimum absolute atomic E-state index is 0.526. The van der Waals surface area contributed by atoms with Crippen LogP contribution in [-0.2, 0) is 13.1 Å². The first-order valence-electron chi connectivity index (χ1n) is 8.37. The average Bonchev–Trinajstić information content (AvgIpc) is 3.27. The first kappa shape index (κ1) is 14.4. The van der Waals surface area contributed by atoms with Crippen molar-refractivity contribution in [3.05, 3.63) is 40.3 Å². The third kappa shape index (κ3) is 3.12. The van der Waals surface area contributed by atoms with E-state index >= 15 is 0 Å². The van der Waals surface area contributed by atoms with Crippen molar-refractivity contribution in [1.29, 1.82) is 0 Å². The molecule has 4 heterocycles. The minimum Gasteiger partial charge on any atom is -0.303 e. The Morgan fingerprint density at radius 2 is 2.09 bits per heavy atom. The van der Waals surface area contributed by atoms with Crippen molar-refractivity contribution in [2.24, 2.45) is 0 Å². The van der Waals surface area contributed by atoms with Crippen LogP contribution in [0.2, 0.25) is 0 Å². The molecule has 0 spiro atoms. The van der Waals surface area contributed by atoms with E-state index in [0.717, 1.165) is 19.6 Å². The summed E-state index contributed by atoms with van der Waals surface area (Å²) in [6.07, 6.45) is 5.94. The van der Waals surface area contributed by atoms with E-state index in [9.17, 15) is 0 Å². The molecule has 0 unspecified atom stereocenters. The topological polar surface area (TPSA) is 24.3 Å². The monoisotopic (exact) mass is 316 g/mol. The standard InChI is InChI=1S/C17H24N4S/c1-2-8-19(7-1)9-4-17-13-20(11-15-5-10-22-14-15)12-16-3-6-18-21(16)17/h3,5-6,10,14,17H,1-2,4,7-9,11-13H2/t17-/m1/s1. The molecule has 2 aromatic rings. The van der Waals surface area contributed by atoms with Gasteiger partial charge in [-0.3, -0.25) is 9.58 Å². The summed E-state index contributed by atoms with van der Waals surface area (Å²) in [4.78, 5) is 5.19. The van der Waals surface area contributed by atoms with Crippen LogP contribution in [0.25, 0.3) is 0 Å². The van der Waals surface area contributed by atoms with Gasteiger partial charge in [0.2, 0.25) is 0 Å². The van der Waals surface area contributed by atoms with Gasteiger partial charge in [0.05, 0.1) is 11.7 Å². The predicted molar refractivity (Wildman–Crippen MR) is 90.0 cm³/mol. The van der Waals surface area contributed by atoms with Crippen molar-refractivity contribution in [3.63, 3.8) is 0 Å². The number of fused-ring (bicyclic) bond motifs is 1. The molecular formula is C17H24N4S. The van der Waals surface area contributed by atoms with Crippen molar-refractivity contribution in [1.82, 2.24) is 19.6 Å². The lowest BCUT2D eigenvalue weighted by Gasteiger charge is -2.34. The van der Waals surface area contributed by atoms with Gasteiger partial charge in [-0.15, -0.1) is 0 Å². The minimum atomic E-state index is 0.526. The molecule has 1 fully saturated rings. The van der Waals surface area contributed by atoms with Gasteiger partial charge in [-0.1, -0.05) is 0 Å². The number of nitrogens with zero attached hydrogens (tertiary/aromatic N) is 4. The molecule has 5 heteroatoms. The molecule has 1 saturated heterocycles. The molecule has 2 aromatic heterocycles. The van der Waals surface area contributed by atoms with Gasteiger partial charge in [0, 0.05) is 32.4 Å². The van der Waals surface area contributed by atoms with Crippen LogP contribution < -0.4 is 0 Å². The van der Waals surface area contributed by atoms with Crippen LogP contribution in [0.3, 0.4) is 0 Å². The normalized spacial score (nSPS) is 23.0. The zero-order valence-corrected chi connectivity index (χ0v) is 13.8. The van der Waals surface area contributed by atoms with Crippen LogP contribution in [-0.4, -0.2) is 45.8 Å². The molecule has 1 atom stereocenters. The molecule has 2 aliphatic rings. The highest BCUT2D eigenvalue weighted by Gasteiger charge is 2.26. The van der Waals surface area contributed by atoms with Crippen molar-refractivity contribution in [3.8, 4) is 0 Å². The summed E-state index contributed by atoms with van der Waals surface area (Å²) in [5.74, 6) is 0. The molecule has 0 aromatic carbocycles. The SMILES string of the molecule is c1cc2n(n1)[C@H](CCN1CCCC1)CN(Cc1ccsc1)C2. The van der Waals surface area contributed by atoms with Crippen LogP contribution in [0.15, 0.2) is 29.1 Å². The van der Waals surface area contributed by atoms with Gasteiger partial charge in [0.25, 0.3) is 0 Å². The summed E-state index contributed by atoms with van der Waals surface area (Å²) in [6.45, 7) is 7.01. The number of likely N-dealkylation sites (tertiary alicyclic amines) is 1. The van der Waals surface area contributed by atoms with E-state index in [4.69, 9.17) is 0 Å². The first-order chi connectivity index (χ1) is 10.9. The fourth-order valence-corrected chi connectivity index (χ4v) is 4.44. The maximum atomic E-state index is 4.59. The van der Waals surface area contributed by atoms with Gasteiger partial charge in [-0.25, -0.2) is 0 Å². The van der Waals surface area contributed by atoms with Crippen molar-refractivity contribution in [2.45, 2.75) is 38.4 Å². The second kappa shape index (κ2) is 6.52. The Morgan fingerprint density at radius 1 is 1.18 bits per heavy atom. The molecular weight excluding hydrogens is 292 g/mol. The van der Waals surface area contributed by atoms with E-state index in [-0.39, 0.29) is 0 Å². The fraction of sp³-hybridized carbons (Fsp3) is 0.588. The lowest BCUT2D eigenvalue weighted by molar-refractivity contribution is 0.152. The number of rotatable bonds is 5. The summed E-state index contributed by atoms with van der Waals surface area (Å²) >= 11 is 1.79. The summed E-state index contributed by atoms with van der Waals surface area (Å²) in [5, 5.41) is 9.03. The highest BCUT2D eigenvalue weighted by molar-refractivity contribution is 7.07. The van der Waals surface area contributed by atoms with E-state index in [1.54, 1.807) is 11.3 Å². The van der Waals surface area contributed by atoms with Crippen molar-refractivity contribution < 1.29 is 0 Å². The molecule has 0 saturated carbocycles. The van der Waals surface area contributed by atoms with E-state index in [1.165, 1.54) is 50.2 Å². The summed E-state index contributed by atoms with van der Waals surface area (Å²) < 4.78 is 2.28. The molecule has 0 N–H and O–H groups in total. The summed E-state index contributed by atoms with van der Waals surface area (Å²) in [7, 11) is 0. The van der Waals surface area contributed by atoms with Gasteiger partial charge < -0.3 is 4.90 Å². The van der Waals surface area contributed by atoms with Gasteiger partial charge in [-0.05, 0) is 60.8 Å². The average molecular weight is 316 g/mol. The first-order valence-corrected chi connectivity index (χ1v) is 9.31. The Morgan fingerprint density at radius 3 is 2.91 bits per heavy atom. The van der Waals surface area contributed by atoms with Crippen molar-refractivity contribution in [2.75, 3.05) is 26.2 Å². The Bertz CT molecular complexity index is 586. The van der Waals surface area contributed by atoms with Gasteiger partial charge in [-0.2, -0.15) is 16.4 Å². The molecule has 4 nitrogen and oxygen atoms in total. The zero-order chi connectivity index (χ0) is 14.8. The Hall–Kier alpha value is -1.17. The lowest BCUT2D eigenvalue weighted by atomic mass is 10.1. The van der Waals surface area contributed by atoms with E-state index in [2.05, 4.69) is 42.5 Å². The van der Waals surface area contributed by atoms with Crippen LogP contribution in [0.5, 0.6) is 0 Å². The Labute approximate surface area is 136 Å². The maximum Gasteiger partial charge on any atom is 0.0662 e. The van der Waals surface area contributed by atoms with Gasteiger partial charge in [0.1, 0.15) is 0 Å². The smallest absolute Gasteiger partial charge is 0.0662 e. The summed E-state index contributed by atoms with van der Waals surface area (Å²) in [5.41, 5.74) is 2.81. The molecule has 4 rings (SSSR count). The van der Waals surface area contributed by atoms with E-state index in [0.29, 0.717) is 6.04 Å². The second-order valence-corrected chi connectivity index (χ2v) is 7.34. The number of hydrogen-bond acceptors (Lipinski definition) is 4. The third-order valence-corrected chi connectivity index (χ3v) is 5.65. The van der Waals surface area contributed by atoms with E-state index < -0.39 is 0 Å². The van der Waals surface area contributed by atoms with E-state index in [1.807, 2.05) is 6.20 Å². The number of aromatic nitrogens is 2. The highest BCUT2D eigenvalue weighted by Crippen LogP contribution is 2.25. The predicted octanol–water partition coefficient (Wildman–Crippen LogP) is 2.99. The number of hydrogen-bond donors (Lipinski definition) is 0. The zero-order valence-electron chi connectivity index (χ0n) is 13.0. The van der Waals surface area contributed by atoms with Crippen LogP contribution >= 0.6 is 11.3 Å². The molecule has 22 heavy (non-hydrogen) atoms. The highest BCUT2D eigenvalue weighted by atomic mass is 32.1. The maximum absolute atomic E-state index is 4.59. The quantitative estimate of drug-likeness (QED) is 0.847. The van der Waals surface area contributed by atoms with Crippen LogP contribution in [0.4, 0.5) is 0 Å². The van der Waals surface area contributed by atoms with Crippen LogP contribution in [0, 0.1) is 0 Å². The summed E-state index contributed by atoms with van der Waals surface area (Å²) in [6, 6.07) is 4.95. The molecule has 2 aliphatic heterocycles. The molecule has 118 valence electrons. The van der Waals surface area contributed by atoms with Crippen LogP contribution in [0.1, 0.15) is 36.6 Å². The largest absolute Gasteiger partial charge is 0.303 e. The lowest BCUT2D eigenvalue weighted by Crippen LogP contribution is -2.38. The second-order valence-electron chi connectivity index (χ2n) is 6.56. The van der Waals surface area contributed by atoms with Gasteiger partial charge >= 0.3 is 0 Å². The third-order valence-electron chi connectivity index (χ3n) is 4.92. The Kier molecular flexibility index (Phi) is 4.28. The molecule has 0 radical (unpaired) electrons. The fourth-order valence-electron chi connectivity index (χ4n) is 3.78.